The van der Waals surface area contributed by atoms with Crippen LogP contribution in [-0.2, 0) is 9.84 Å². The average Bonchev–Trinajstić information content (AvgIpc) is 2.76. The molecule has 2 atom stereocenters. The Labute approximate surface area is 133 Å². The van der Waals surface area contributed by atoms with E-state index in [0.29, 0.717) is 5.75 Å². The van der Waals surface area contributed by atoms with Gasteiger partial charge in [0.05, 0.1) is 11.5 Å². The Morgan fingerprint density at radius 1 is 1.33 bits per heavy atom. The van der Waals surface area contributed by atoms with Gasteiger partial charge in [0.2, 0.25) is 0 Å². The molecule has 1 aromatic rings. The van der Waals surface area contributed by atoms with Crippen LogP contribution in [-0.4, -0.2) is 26.5 Å². The summed E-state index contributed by atoms with van der Waals surface area (Å²) in [5.74, 6) is 0.754. The third kappa shape index (κ3) is 3.99. The van der Waals surface area contributed by atoms with E-state index in [2.05, 4.69) is 18.3 Å². The number of hydrogen-bond acceptors (Lipinski definition) is 3. The van der Waals surface area contributed by atoms with E-state index < -0.39 is 9.84 Å². The van der Waals surface area contributed by atoms with E-state index in [1.807, 2.05) is 19.9 Å². The molecule has 0 aliphatic carbocycles. The van der Waals surface area contributed by atoms with Crippen LogP contribution in [0.25, 0.3) is 0 Å². The topological polar surface area (TPSA) is 46.2 Å². The summed E-state index contributed by atoms with van der Waals surface area (Å²) in [6, 6.07) is 4.19. The second-order valence-corrected chi connectivity index (χ2v) is 8.69. The van der Waals surface area contributed by atoms with E-state index in [4.69, 9.17) is 11.6 Å². The molecule has 1 aromatic carbocycles. The van der Waals surface area contributed by atoms with Crippen LogP contribution < -0.4 is 5.32 Å². The van der Waals surface area contributed by atoms with Gasteiger partial charge < -0.3 is 5.32 Å². The summed E-state index contributed by atoms with van der Waals surface area (Å²) in [6.45, 7) is 7.05. The summed E-state index contributed by atoms with van der Waals surface area (Å²) in [7, 11) is -2.87. The van der Waals surface area contributed by atoms with Gasteiger partial charge in [0.25, 0.3) is 0 Å². The molecule has 1 heterocycles. The first-order chi connectivity index (χ1) is 9.84. The zero-order valence-corrected chi connectivity index (χ0v) is 14.5. The third-order valence-electron chi connectivity index (χ3n) is 4.24. The van der Waals surface area contributed by atoms with Crippen LogP contribution in [0, 0.1) is 19.8 Å². The Balaban J connectivity index is 2.34. The van der Waals surface area contributed by atoms with Gasteiger partial charge in [-0.1, -0.05) is 24.6 Å². The number of rotatable bonds is 5. The van der Waals surface area contributed by atoms with Crippen molar-refractivity contribution >= 4 is 21.4 Å². The molecular weight excluding hydrogens is 306 g/mol. The molecule has 1 N–H and O–H groups in total. The Bertz CT molecular complexity index is 613. The minimum atomic E-state index is -2.87. The normalized spacial score (nSPS) is 22.4. The zero-order valence-electron chi connectivity index (χ0n) is 12.9. The van der Waals surface area contributed by atoms with Crippen LogP contribution in [0.5, 0.6) is 0 Å². The van der Waals surface area contributed by atoms with Crippen LogP contribution in [0.3, 0.4) is 0 Å². The second kappa shape index (κ2) is 6.67. The lowest BCUT2D eigenvalue weighted by atomic mass is 9.88. The van der Waals surface area contributed by atoms with Gasteiger partial charge in [-0.15, -0.1) is 0 Å². The molecule has 1 aliphatic heterocycles. The van der Waals surface area contributed by atoms with Crippen molar-refractivity contribution in [2.75, 3.05) is 18.1 Å². The van der Waals surface area contributed by atoms with Crippen LogP contribution in [0.2, 0.25) is 5.02 Å². The van der Waals surface area contributed by atoms with E-state index in [0.717, 1.165) is 35.5 Å². The van der Waals surface area contributed by atoms with Crippen LogP contribution in [0.4, 0.5) is 0 Å². The maximum absolute atomic E-state index is 11.8. The van der Waals surface area contributed by atoms with Crippen molar-refractivity contribution in [1.29, 1.82) is 0 Å². The first-order valence-corrected chi connectivity index (χ1v) is 9.74. The lowest BCUT2D eigenvalue weighted by molar-refractivity contribution is 0.391. The van der Waals surface area contributed by atoms with E-state index >= 15 is 0 Å². The predicted molar refractivity (Wildman–Crippen MR) is 88.7 cm³/mol. The summed E-state index contributed by atoms with van der Waals surface area (Å²) < 4.78 is 23.6. The van der Waals surface area contributed by atoms with E-state index in [1.54, 1.807) is 0 Å². The minimum Gasteiger partial charge on any atom is -0.310 e. The van der Waals surface area contributed by atoms with Crippen molar-refractivity contribution in [3.05, 3.63) is 33.8 Å². The van der Waals surface area contributed by atoms with E-state index in [9.17, 15) is 8.42 Å². The highest BCUT2D eigenvalue weighted by Gasteiger charge is 2.34. The summed E-state index contributed by atoms with van der Waals surface area (Å²) in [4.78, 5) is 0. The van der Waals surface area contributed by atoms with Gasteiger partial charge in [0.1, 0.15) is 0 Å². The Kier molecular flexibility index (Phi) is 5.33. The first-order valence-electron chi connectivity index (χ1n) is 7.54. The highest BCUT2D eigenvalue weighted by Crippen LogP contribution is 2.34. The highest BCUT2D eigenvalue weighted by molar-refractivity contribution is 7.91. The molecule has 2 rings (SSSR count). The largest absolute Gasteiger partial charge is 0.310 e. The van der Waals surface area contributed by atoms with Crippen molar-refractivity contribution in [1.82, 2.24) is 5.32 Å². The lowest BCUT2D eigenvalue weighted by Gasteiger charge is -2.26. The number of halogens is 1. The summed E-state index contributed by atoms with van der Waals surface area (Å²) in [6.07, 6.45) is 1.77. The van der Waals surface area contributed by atoms with Crippen molar-refractivity contribution in [2.24, 2.45) is 5.92 Å². The maximum Gasteiger partial charge on any atom is 0.150 e. The van der Waals surface area contributed by atoms with E-state index in [-0.39, 0.29) is 17.7 Å². The molecular formula is C16H24ClNO2S. The molecule has 0 aromatic heterocycles. The van der Waals surface area contributed by atoms with Gasteiger partial charge in [-0.25, -0.2) is 8.42 Å². The molecule has 1 fully saturated rings. The predicted octanol–water partition coefficient (Wildman–Crippen LogP) is 3.43. The molecule has 0 amide bonds. The maximum atomic E-state index is 11.8. The lowest BCUT2D eigenvalue weighted by Crippen LogP contribution is -2.30. The molecule has 21 heavy (non-hydrogen) atoms. The first kappa shape index (κ1) is 16.8. The number of aryl methyl sites for hydroxylation is 2. The number of benzene rings is 1. The zero-order chi connectivity index (χ0) is 15.6. The SMILES string of the molecule is CCCNC(c1cc(C)c(Cl)cc1C)C1CCS(=O)(=O)C1. The molecule has 0 radical (unpaired) electrons. The summed E-state index contributed by atoms with van der Waals surface area (Å²) in [5, 5.41) is 4.31. The fourth-order valence-electron chi connectivity index (χ4n) is 3.06. The quantitative estimate of drug-likeness (QED) is 0.900. The smallest absolute Gasteiger partial charge is 0.150 e. The van der Waals surface area contributed by atoms with Crippen molar-refractivity contribution in [3.63, 3.8) is 0 Å². The summed E-state index contributed by atoms with van der Waals surface area (Å²) >= 11 is 6.18. The van der Waals surface area contributed by atoms with Gasteiger partial charge in [-0.05, 0) is 61.9 Å². The van der Waals surface area contributed by atoms with Crippen molar-refractivity contribution in [2.45, 2.75) is 39.7 Å². The van der Waals surface area contributed by atoms with Gasteiger partial charge in [0.15, 0.2) is 9.84 Å². The number of sulfone groups is 1. The number of hydrogen-bond donors (Lipinski definition) is 1. The van der Waals surface area contributed by atoms with E-state index in [1.165, 1.54) is 5.56 Å². The van der Waals surface area contributed by atoms with Crippen LogP contribution in [0.15, 0.2) is 12.1 Å². The highest BCUT2D eigenvalue weighted by atomic mass is 35.5. The third-order valence-corrected chi connectivity index (χ3v) is 6.44. The van der Waals surface area contributed by atoms with Gasteiger partial charge in [-0.2, -0.15) is 0 Å². The fourth-order valence-corrected chi connectivity index (χ4v) is 5.11. The molecule has 2 unspecified atom stereocenters. The minimum absolute atomic E-state index is 0.0955. The Hall–Kier alpha value is -0.580. The number of nitrogens with one attached hydrogen (secondary N) is 1. The molecule has 3 nitrogen and oxygen atoms in total. The molecule has 1 aliphatic rings. The van der Waals surface area contributed by atoms with Gasteiger partial charge in [-0.3, -0.25) is 0 Å². The molecule has 118 valence electrons. The van der Waals surface area contributed by atoms with Gasteiger partial charge >= 0.3 is 0 Å². The standard InChI is InChI=1S/C16H24ClNO2S/c1-4-6-18-16(13-5-7-21(19,20)10-13)14-8-12(3)15(17)9-11(14)2/h8-9,13,16,18H,4-7,10H2,1-3H3. The molecule has 0 bridgehead atoms. The molecule has 0 saturated carbocycles. The van der Waals surface area contributed by atoms with Crippen molar-refractivity contribution in [3.8, 4) is 0 Å². The Morgan fingerprint density at radius 3 is 2.62 bits per heavy atom. The monoisotopic (exact) mass is 329 g/mol. The molecule has 5 heteroatoms. The molecule has 0 spiro atoms. The van der Waals surface area contributed by atoms with Crippen LogP contribution >= 0.6 is 11.6 Å². The Morgan fingerprint density at radius 2 is 2.05 bits per heavy atom. The average molecular weight is 330 g/mol. The second-order valence-electron chi connectivity index (χ2n) is 6.05. The van der Waals surface area contributed by atoms with Crippen molar-refractivity contribution < 1.29 is 8.42 Å². The fraction of sp³-hybridized carbons (Fsp3) is 0.625. The van der Waals surface area contributed by atoms with Gasteiger partial charge in [0, 0.05) is 11.1 Å². The van der Waals surface area contributed by atoms with Crippen LogP contribution in [0.1, 0.15) is 42.5 Å². The summed E-state index contributed by atoms with van der Waals surface area (Å²) in [5.41, 5.74) is 3.36. The molecule has 1 saturated heterocycles.